The molecule has 0 aliphatic heterocycles. The lowest BCUT2D eigenvalue weighted by Crippen LogP contribution is -2.43. The van der Waals surface area contributed by atoms with Gasteiger partial charge in [-0.2, -0.15) is 0 Å². The van der Waals surface area contributed by atoms with Gasteiger partial charge in [0.2, 0.25) is 0 Å². The fourth-order valence-corrected chi connectivity index (χ4v) is 3.13. The Balaban J connectivity index is 1.46. The number of hydrogen-bond donors (Lipinski definition) is 3. The number of rotatable bonds is 4. The summed E-state index contributed by atoms with van der Waals surface area (Å²) in [6.07, 6.45) is 8.90. The maximum absolute atomic E-state index is 11.9. The van der Waals surface area contributed by atoms with Crippen LogP contribution < -0.4 is 10.6 Å². The van der Waals surface area contributed by atoms with Gasteiger partial charge in [0, 0.05) is 29.7 Å². The van der Waals surface area contributed by atoms with Crippen LogP contribution in [0, 0.1) is 0 Å². The number of carbonyl (C=O) groups excluding carboxylic acids is 1. The fraction of sp³-hybridized carbons (Fsp3) is 0.471. The van der Waals surface area contributed by atoms with Crippen molar-refractivity contribution in [2.45, 2.75) is 44.6 Å². The van der Waals surface area contributed by atoms with Crippen LogP contribution in [0.3, 0.4) is 0 Å². The van der Waals surface area contributed by atoms with Gasteiger partial charge < -0.3 is 15.6 Å². The number of aromatic nitrogens is 1. The number of urea groups is 1. The molecule has 0 bridgehead atoms. The second-order valence-corrected chi connectivity index (χ2v) is 5.84. The summed E-state index contributed by atoms with van der Waals surface area (Å²) in [6, 6.07) is 8.60. The van der Waals surface area contributed by atoms with E-state index in [0.29, 0.717) is 12.6 Å². The number of H-pyrrole nitrogens is 1. The molecule has 0 saturated heterocycles. The topological polar surface area (TPSA) is 56.9 Å². The van der Waals surface area contributed by atoms with Crippen molar-refractivity contribution in [3.05, 3.63) is 36.0 Å². The molecule has 2 aromatic rings. The SMILES string of the molecule is O=C(NCCc1c[nH]c2ccccc12)NC1CCCCC1. The first-order valence-electron chi connectivity index (χ1n) is 7.92. The van der Waals surface area contributed by atoms with E-state index in [0.717, 1.165) is 24.8 Å². The van der Waals surface area contributed by atoms with Crippen LogP contribution in [0.15, 0.2) is 30.5 Å². The minimum atomic E-state index is -0.0262. The molecule has 3 N–H and O–H groups in total. The lowest BCUT2D eigenvalue weighted by molar-refractivity contribution is 0.233. The highest BCUT2D eigenvalue weighted by atomic mass is 16.2. The third-order valence-electron chi connectivity index (χ3n) is 4.30. The summed E-state index contributed by atoms with van der Waals surface area (Å²) in [5.74, 6) is 0. The van der Waals surface area contributed by atoms with Gasteiger partial charge in [-0.25, -0.2) is 4.79 Å². The number of nitrogens with one attached hydrogen (secondary N) is 3. The van der Waals surface area contributed by atoms with Gasteiger partial charge in [0.05, 0.1) is 0 Å². The predicted octanol–water partition coefficient (Wildman–Crippen LogP) is 3.34. The fourth-order valence-electron chi connectivity index (χ4n) is 3.13. The molecule has 1 saturated carbocycles. The van der Waals surface area contributed by atoms with Crippen molar-refractivity contribution in [2.75, 3.05) is 6.54 Å². The van der Waals surface area contributed by atoms with Crippen LogP contribution in [0.25, 0.3) is 10.9 Å². The van der Waals surface area contributed by atoms with Gasteiger partial charge in [0.25, 0.3) is 0 Å². The van der Waals surface area contributed by atoms with Crippen molar-refractivity contribution >= 4 is 16.9 Å². The number of fused-ring (bicyclic) bond motifs is 1. The maximum atomic E-state index is 11.9. The van der Waals surface area contributed by atoms with E-state index in [-0.39, 0.29) is 6.03 Å². The molecule has 3 rings (SSSR count). The molecule has 4 heteroatoms. The van der Waals surface area contributed by atoms with Crippen LogP contribution in [0.5, 0.6) is 0 Å². The summed E-state index contributed by atoms with van der Waals surface area (Å²) >= 11 is 0. The Morgan fingerprint density at radius 2 is 2.00 bits per heavy atom. The van der Waals surface area contributed by atoms with Gasteiger partial charge in [-0.3, -0.25) is 0 Å². The zero-order chi connectivity index (χ0) is 14.5. The van der Waals surface area contributed by atoms with Crippen molar-refractivity contribution in [3.63, 3.8) is 0 Å². The van der Waals surface area contributed by atoms with E-state index in [1.54, 1.807) is 0 Å². The van der Waals surface area contributed by atoms with E-state index < -0.39 is 0 Å². The normalized spacial score (nSPS) is 16.0. The molecule has 1 fully saturated rings. The number of hydrogen-bond acceptors (Lipinski definition) is 1. The van der Waals surface area contributed by atoms with Crippen molar-refractivity contribution in [1.82, 2.24) is 15.6 Å². The molecule has 1 aliphatic rings. The lowest BCUT2D eigenvalue weighted by atomic mass is 9.96. The number of benzene rings is 1. The molecule has 112 valence electrons. The second kappa shape index (κ2) is 6.66. The third-order valence-corrected chi connectivity index (χ3v) is 4.30. The van der Waals surface area contributed by atoms with Gasteiger partial charge in [-0.1, -0.05) is 37.5 Å². The molecule has 1 heterocycles. The van der Waals surface area contributed by atoms with E-state index in [9.17, 15) is 4.79 Å². The molecule has 1 aromatic heterocycles. The average Bonchev–Trinajstić information content (AvgIpc) is 2.92. The Kier molecular flexibility index (Phi) is 4.43. The van der Waals surface area contributed by atoms with Gasteiger partial charge in [-0.15, -0.1) is 0 Å². The molecule has 0 spiro atoms. The van der Waals surface area contributed by atoms with Gasteiger partial charge in [-0.05, 0) is 30.9 Å². The Hall–Kier alpha value is -1.97. The molecular weight excluding hydrogens is 262 g/mol. The molecule has 21 heavy (non-hydrogen) atoms. The zero-order valence-electron chi connectivity index (χ0n) is 12.3. The predicted molar refractivity (Wildman–Crippen MR) is 85.4 cm³/mol. The van der Waals surface area contributed by atoms with Crippen LogP contribution in [-0.2, 0) is 6.42 Å². The van der Waals surface area contributed by atoms with E-state index in [2.05, 4.69) is 27.8 Å². The second-order valence-electron chi connectivity index (χ2n) is 5.84. The Bertz CT molecular complexity index is 599. The van der Waals surface area contributed by atoms with Crippen molar-refractivity contribution in [2.24, 2.45) is 0 Å². The number of aromatic amines is 1. The standard InChI is InChI=1S/C17H23N3O/c21-17(20-14-6-2-1-3-7-14)18-11-10-13-12-19-16-9-5-4-8-15(13)16/h4-5,8-9,12,14,19H,1-3,6-7,10-11H2,(H2,18,20,21). The highest BCUT2D eigenvalue weighted by molar-refractivity contribution is 5.83. The molecule has 0 radical (unpaired) electrons. The number of para-hydroxylation sites is 1. The lowest BCUT2D eigenvalue weighted by Gasteiger charge is -2.22. The summed E-state index contributed by atoms with van der Waals surface area (Å²) in [4.78, 5) is 15.1. The Morgan fingerprint density at radius 3 is 2.86 bits per heavy atom. The minimum Gasteiger partial charge on any atom is -0.361 e. The van der Waals surface area contributed by atoms with Crippen LogP contribution in [0.4, 0.5) is 4.79 Å². The molecule has 2 amide bonds. The first kappa shape index (κ1) is 14.0. The molecular formula is C17H23N3O. The smallest absolute Gasteiger partial charge is 0.315 e. The van der Waals surface area contributed by atoms with E-state index in [4.69, 9.17) is 0 Å². The van der Waals surface area contributed by atoms with Gasteiger partial charge >= 0.3 is 6.03 Å². The summed E-state index contributed by atoms with van der Waals surface area (Å²) in [5, 5.41) is 7.29. The molecule has 4 nitrogen and oxygen atoms in total. The van der Waals surface area contributed by atoms with Crippen molar-refractivity contribution in [3.8, 4) is 0 Å². The number of carbonyl (C=O) groups is 1. The Morgan fingerprint density at radius 1 is 1.19 bits per heavy atom. The van der Waals surface area contributed by atoms with Crippen LogP contribution >= 0.6 is 0 Å². The highest BCUT2D eigenvalue weighted by Gasteiger charge is 2.15. The van der Waals surface area contributed by atoms with Crippen molar-refractivity contribution in [1.29, 1.82) is 0 Å². The third kappa shape index (κ3) is 3.57. The van der Waals surface area contributed by atoms with E-state index in [1.165, 1.54) is 30.2 Å². The van der Waals surface area contributed by atoms with Gasteiger partial charge in [0.1, 0.15) is 0 Å². The maximum Gasteiger partial charge on any atom is 0.315 e. The first-order valence-corrected chi connectivity index (χ1v) is 7.92. The molecule has 1 aromatic carbocycles. The first-order chi connectivity index (χ1) is 10.3. The summed E-state index contributed by atoms with van der Waals surface area (Å²) in [7, 11) is 0. The highest BCUT2D eigenvalue weighted by Crippen LogP contribution is 2.18. The van der Waals surface area contributed by atoms with Gasteiger partial charge in [0.15, 0.2) is 0 Å². The number of amides is 2. The zero-order valence-corrected chi connectivity index (χ0v) is 12.3. The molecule has 1 aliphatic carbocycles. The summed E-state index contributed by atoms with van der Waals surface area (Å²) in [6.45, 7) is 0.667. The van der Waals surface area contributed by atoms with E-state index in [1.807, 2.05) is 18.3 Å². The van der Waals surface area contributed by atoms with E-state index >= 15 is 0 Å². The summed E-state index contributed by atoms with van der Waals surface area (Å²) < 4.78 is 0. The average molecular weight is 285 g/mol. The van der Waals surface area contributed by atoms with Crippen molar-refractivity contribution < 1.29 is 4.79 Å². The minimum absolute atomic E-state index is 0.0262. The Labute approximate surface area is 125 Å². The largest absolute Gasteiger partial charge is 0.361 e. The molecule has 0 atom stereocenters. The molecule has 0 unspecified atom stereocenters. The van der Waals surface area contributed by atoms with Crippen LogP contribution in [0.1, 0.15) is 37.7 Å². The monoisotopic (exact) mass is 285 g/mol. The summed E-state index contributed by atoms with van der Waals surface area (Å²) in [5.41, 5.74) is 2.41. The van der Waals surface area contributed by atoms with Crippen LogP contribution in [0.2, 0.25) is 0 Å². The van der Waals surface area contributed by atoms with Crippen LogP contribution in [-0.4, -0.2) is 23.6 Å². The quantitative estimate of drug-likeness (QED) is 0.793.